The monoisotopic (exact) mass is 329 g/mol. The molecule has 2 aromatic carbocycles. The highest BCUT2D eigenvalue weighted by atomic mass is 16.3. The summed E-state index contributed by atoms with van der Waals surface area (Å²) in [5, 5.41) is 40.2. The Hall–Kier alpha value is -1.76. The molecule has 5 nitrogen and oxygen atoms in total. The van der Waals surface area contributed by atoms with Crippen molar-refractivity contribution in [2.75, 3.05) is 13.2 Å². The standard InChI is InChI=1S/C19H23NO4/c21-11-15-18(23)19(24)16(12-22)20(15)17(13-7-3-1-4-8-13)14-9-5-2-6-10-14/h1-10,15-19,21-24H,11-12H2. The van der Waals surface area contributed by atoms with Crippen LogP contribution in [0, 0.1) is 0 Å². The Morgan fingerprint density at radius 1 is 0.708 bits per heavy atom. The lowest BCUT2D eigenvalue weighted by Gasteiger charge is -2.37. The molecule has 0 spiro atoms. The zero-order valence-electron chi connectivity index (χ0n) is 13.3. The van der Waals surface area contributed by atoms with Crippen LogP contribution in [0.1, 0.15) is 17.2 Å². The Balaban J connectivity index is 2.10. The average Bonchev–Trinajstić information content (AvgIpc) is 2.87. The molecule has 4 N–H and O–H groups in total. The van der Waals surface area contributed by atoms with E-state index in [1.165, 1.54) is 0 Å². The first-order valence-corrected chi connectivity index (χ1v) is 8.14. The van der Waals surface area contributed by atoms with E-state index in [-0.39, 0.29) is 19.3 Å². The van der Waals surface area contributed by atoms with Crippen molar-refractivity contribution < 1.29 is 20.4 Å². The van der Waals surface area contributed by atoms with Crippen molar-refractivity contribution in [2.45, 2.75) is 30.3 Å². The van der Waals surface area contributed by atoms with E-state index in [1.54, 1.807) is 0 Å². The van der Waals surface area contributed by atoms with Crippen molar-refractivity contribution in [2.24, 2.45) is 0 Å². The van der Waals surface area contributed by atoms with Gasteiger partial charge in [-0.15, -0.1) is 0 Å². The first kappa shape index (κ1) is 17.1. The molecule has 0 amide bonds. The molecule has 1 saturated heterocycles. The van der Waals surface area contributed by atoms with Gasteiger partial charge in [-0.05, 0) is 11.1 Å². The van der Waals surface area contributed by atoms with Gasteiger partial charge in [0.1, 0.15) is 0 Å². The third kappa shape index (κ3) is 2.97. The van der Waals surface area contributed by atoms with Gasteiger partial charge in [-0.3, -0.25) is 4.90 Å². The highest BCUT2D eigenvalue weighted by molar-refractivity contribution is 5.33. The molecule has 4 unspecified atom stereocenters. The topological polar surface area (TPSA) is 84.2 Å². The highest BCUT2D eigenvalue weighted by Gasteiger charge is 2.50. The number of aliphatic hydroxyl groups is 4. The van der Waals surface area contributed by atoms with Gasteiger partial charge in [0.2, 0.25) is 0 Å². The van der Waals surface area contributed by atoms with Crippen molar-refractivity contribution in [3.05, 3.63) is 71.8 Å². The predicted molar refractivity (Wildman–Crippen MR) is 90.3 cm³/mol. The van der Waals surface area contributed by atoms with E-state index in [9.17, 15) is 20.4 Å². The minimum Gasteiger partial charge on any atom is -0.395 e. The summed E-state index contributed by atoms with van der Waals surface area (Å²) in [7, 11) is 0. The number of aliphatic hydroxyl groups excluding tert-OH is 4. The summed E-state index contributed by atoms with van der Waals surface area (Å²) in [6, 6.07) is 17.8. The van der Waals surface area contributed by atoms with E-state index in [2.05, 4.69) is 0 Å². The number of hydrogen-bond donors (Lipinski definition) is 4. The van der Waals surface area contributed by atoms with Crippen molar-refractivity contribution in [1.82, 2.24) is 4.90 Å². The van der Waals surface area contributed by atoms with Crippen LogP contribution in [-0.4, -0.2) is 62.8 Å². The van der Waals surface area contributed by atoms with E-state index in [4.69, 9.17) is 0 Å². The summed E-state index contributed by atoms with van der Waals surface area (Å²) in [6.45, 7) is -0.601. The Bertz CT molecular complexity index is 581. The van der Waals surface area contributed by atoms with Crippen LogP contribution in [0.15, 0.2) is 60.7 Å². The smallest absolute Gasteiger partial charge is 0.0992 e. The van der Waals surface area contributed by atoms with Crippen molar-refractivity contribution in [3.8, 4) is 0 Å². The van der Waals surface area contributed by atoms with E-state index < -0.39 is 24.3 Å². The lowest BCUT2D eigenvalue weighted by atomic mass is 9.95. The molecule has 24 heavy (non-hydrogen) atoms. The third-order valence-electron chi connectivity index (χ3n) is 4.81. The molecule has 0 bridgehead atoms. The van der Waals surface area contributed by atoms with Crippen LogP contribution in [-0.2, 0) is 0 Å². The Kier molecular flexibility index (Phi) is 5.28. The van der Waals surface area contributed by atoms with Crippen LogP contribution in [0.4, 0.5) is 0 Å². The summed E-state index contributed by atoms with van der Waals surface area (Å²) in [4.78, 5) is 1.83. The molecule has 5 heteroatoms. The zero-order chi connectivity index (χ0) is 17.1. The number of benzene rings is 2. The fourth-order valence-corrected chi connectivity index (χ4v) is 3.65. The Morgan fingerprint density at radius 2 is 1.08 bits per heavy atom. The van der Waals surface area contributed by atoms with Gasteiger partial charge in [0.05, 0.1) is 43.5 Å². The summed E-state index contributed by atoms with van der Waals surface area (Å²) in [5.74, 6) is 0. The van der Waals surface area contributed by atoms with Gasteiger partial charge in [-0.1, -0.05) is 60.7 Å². The summed E-state index contributed by atoms with van der Waals surface area (Å²) < 4.78 is 0. The molecule has 2 aromatic rings. The molecule has 3 rings (SSSR count). The largest absolute Gasteiger partial charge is 0.395 e. The SMILES string of the molecule is OCC1C(O)C(O)C(CO)N1C(c1ccccc1)c1ccccc1. The maximum absolute atomic E-state index is 10.3. The Morgan fingerprint density at radius 3 is 1.42 bits per heavy atom. The molecular formula is C19H23NO4. The lowest BCUT2D eigenvalue weighted by Crippen LogP contribution is -2.45. The molecule has 0 aliphatic carbocycles. The van der Waals surface area contributed by atoms with Crippen molar-refractivity contribution in [3.63, 3.8) is 0 Å². The van der Waals surface area contributed by atoms with E-state index >= 15 is 0 Å². The van der Waals surface area contributed by atoms with Crippen LogP contribution in [0.5, 0.6) is 0 Å². The maximum atomic E-state index is 10.3. The first-order valence-electron chi connectivity index (χ1n) is 8.14. The van der Waals surface area contributed by atoms with Crippen LogP contribution < -0.4 is 0 Å². The van der Waals surface area contributed by atoms with Gasteiger partial charge in [0.25, 0.3) is 0 Å². The summed E-state index contributed by atoms with van der Waals surface area (Å²) >= 11 is 0. The molecule has 1 heterocycles. The lowest BCUT2D eigenvalue weighted by molar-refractivity contribution is 0.0130. The molecule has 0 aromatic heterocycles. The number of likely N-dealkylation sites (tertiary alicyclic amines) is 1. The minimum atomic E-state index is -1.11. The van der Waals surface area contributed by atoms with E-state index in [0.717, 1.165) is 11.1 Å². The quantitative estimate of drug-likeness (QED) is 0.643. The molecular weight excluding hydrogens is 306 g/mol. The second-order valence-corrected chi connectivity index (χ2v) is 6.15. The van der Waals surface area contributed by atoms with Crippen molar-refractivity contribution >= 4 is 0 Å². The number of rotatable bonds is 5. The molecule has 0 radical (unpaired) electrons. The fourth-order valence-electron chi connectivity index (χ4n) is 3.65. The van der Waals surface area contributed by atoms with Gasteiger partial charge >= 0.3 is 0 Å². The second kappa shape index (κ2) is 7.42. The van der Waals surface area contributed by atoms with Gasteiger partial charge in [-0.25, -0.2) is 0 Å². The first-order chi connectivity index (χ1) is 11.7. The van der Waals surface area contributed by atoms with Gasteiger partial charge in [0.15, 0.2) is 0 Å². The van der Waals surface area contributed by atoms with Gasteiger partial charge in [0, 0.05) is 0 Å². The van der Waals surface area contributed by atoms with E-state index in [1.807, 2.05) is 65.6 Å². The summed E-state index contributed by atoms with van der Waals surface area (Å²) in [5.41, 5.74) is 1.95. The molecule has 1 aliphatic rings. The van der Waals surface area contributed by atoms with Gasteiger partial charge < -0.3 is 20.4 Å². The molecule has 0 saturated carbocycles. The maximum Gasteiger partial charge on any atom is 0.0992 e. The molecule has 1 fully saturated rings. The zero-order valence-corrected chi connectivity index (χ0v) is 13.3. The molecule has 1 aliphatic heterocycles. The summed E-state index contributed by atoms with van der Waals surface area (Å²) in [6.07, 6.45) is -2.22. The van der Waals surface area contributed by atoms with Crippen LogP contribution in [0.2, 0.25) is 0 Å². The normalized spacial score (nSPS) is 27.7. The van der Waals surface area contributed by atoms with Crippen LogP contribution >= 0.6 is 0 Å². The van der Waals surface area contributed by atoms with Gasteiger partial charge in [-0.2, -0.15) is 0 Å². The van der Waals surface area contributed by atoms with E-state index in [0.29, 0.717) is 0 Å². The number of nitrogens with zero attached hydrogens (tertiary/aromatic N) is 1. The minimum absolute atomic E-state index is 0.284. The second-order valence-electron chi connectivity index (χ2n) is 6.15. The fraction of sp³-hybridized carbons (Fsp3) is 0.368. The predicted octanol–water partition coefficient (Wildman–Crippen LogP) is 0.535. The number of hydrogen-bond acceptors (Lipinski definition) is 5. The third-order valence-corrected chi connectivity index (χ3v) is 4.81. The van der Waals surface area contributed by atoms with Crippen LogP contribution in [0.3, 0.4) is 0 Å². The highest BCUT2D eigenvalue weighted by Crippen LogP contribution is 2.38. The molecule has 4 atom stereocenters. The van der Waals surface area contributed by atoms with Crippen LogP contribution in [0.25, 0.3) is 0 Å². The average molecular weight is 329 g/mol. The molecule has 128 valence electrons. The van der Waals surface area contributed by atoms with Crippen molar-refractivity contribution in [1.29, 1.82) is 0 Å². The Labute approximate surface area is 141 Å².